The fourth-order valence-electron chi connectivity index (χ4n) is 2.94. The average molecular weight is 308 g/mol. The molecular weight excluding hydrogens is 288 g/mol. The van der Waals surface area contributed by atoms with E-state index >= 15 is 0 Å². The van der Waals surface area contributed by atoms with Crippen LogP contribution in [0.25, 0.3) is 11.0 Å². The van der Waals surface area contributed by atoms with Crippen molar-refractivity contribution in [2.45, 2.75) is 38.3 Å². The summed E-state index contributed by atoms with van der Waals surface area (Å²) in [5, 5.41) is 10.7. The minimum absolute atomic E-state index is 0.0671. The van der Waals surface area contributed by atoms with Gasteiger partial charge in [0.05, 0.1) is 34.7 Å². The lowest BCUT2D eigenvalue weighted by Crippen LogP contribution is -2.42. The van der Waals surface area contributed by atoms with Crippen molar-refractivity contribution >= 4 is 20.9 Å². The van der Waals surface area contributed by atoms with Crippen molar-refractivity contribution < 1.29 is 13.5 Å². The highest BCUT2D eigenvalue weighted by atomic mass is 32.2. The van der Waals surface area contributed by atoms with Crippen molar-refractivity contribution in [2.75, 3.05) is 11.5 Å². The van der Waals surface area contributed by atoms with Crippen molar-refractivity contribution in [2.24, 2.45) is 0 Å². The number of aromatic nitrogens is 2. The van der Waals surface area contributed by atoms with Crippen LogP contribution in [0.15, 0.2) is 24.3 Å². The van der Waals surface area contributed by atoms with Crippen LogP contribution in [0.2, 0.25) is 0 Å². The van der Waals surface area contributed by atoms with Crippen molar-refractivity contribution in [3.8, 4) is 0 Å². The van der Waals surface area contributed by atoms with Gasteiger partial charge in [0.15, 0.2) is 9.84 Å². The fraction of sp³-hybridized carbons (Fsp3) is 0.533. The number of nitrogens with zero attached hydrogens (tertiary/aromatic N) is 2. The van der Waals surface area contributed by atoms with Crippen LogP contribution in [-0.4, -0.2) is 40.2 Å². The van der Waals surface area contributed by atoms with Crippen molar-refractivity contribution in [1.29, 1.82) is 0 Å². The molecule has 0 bridgehead atoms. The third kappa shape index (κ3) is 2.82. The molecule has 1 aliphatic heterocycles. The predicted octanol–water partition coefficient (Wildman–Crippen LogP) is 1.54. The van der Waals surface area contributed by atoms with Crippen molar-refractivity contribution in [1.82, 2.24) is 9.55 Å². The van der Waals surface area contributed by atoms with Crippen molar-refractivity contribution in [3.63, 3.8) is 0 Å². The Balaban J connectivity index is 1.94. The van der Waals surface area contributed by atoms with Gasteiger partial charge in [0, 0.05) is 6.42 Å². The van der Waals surface area contributed by atoms with E-state index in [0.717, 1.165) is 23.3 Å². The molecule has 114 valence electrons. The number of imidazole rings is 1. The normalized spacial score (nSPS) is 20.7. The van der Waals surface area contributed by atoms with E-state index in [2.05, 4.69) is 4.98 Å². The first-order chi connectivity index (χ1) is 9.92. The molecule has 21 heavy (non-hydrogen) atoms. The molecule has 0 aliphatic carbocycles. The summed E-state index contributed by atoms with van der Waals surface area (Å²) >= 11 is 0. The molecule has 3 rings (SSSR count). The Kier molecular flexibility index (Phi) is 3.53. The summed E-state index contributed by atoms with van der Waals surface area (Å²) in [4.78, 5) is 4.59. The number of aryl methyl sites for hydroxylation is 1. The molecular formula is C15H20N2O3S. The zero-order valence-corrected chi connectivity index (χ0v) is 12.9. The van der Waals surface area contributed by atoms with Gasteiger partial charge >= 0.3 is 0 Å². The monoisotopic (exact) mass is 308 g/mol. The maximum Gasteiger partial charge on any atom is 0.150 e. The first-order valence-corrected chi connectivity index (χ1v) is 9.11. The number of fused-ring (bicyclic) bond motifs is 1. The molecule has 1 fully saturated rings. The Morgan fingerprint density at radius 2 is 1.95 bits per heavy atom. The van der Waals surface area contributed by atoms with Crippen LogP contribution in [0.1, 0.15) is 25.6 Å². The quantitative estimate of drug-likeness (QED) is 0.933. The van der Waals surface area contributed by atoms with Crippen LogP contribution in [0.4, 0.5) is 0 Å². The van der Waals surface area contributed by atoms with Crippen LogP contribution in [0, 0.1) is 0 Å². The number of hydrogen-bond acceptors (Lipinski definition) is 4. The van der Waals surface area contributed by atoms with E-state index < -0.39 is 15.4 Å². The van der Waals surface area contributed by atoms with Crippen LogP contribution < -0.4 is 0 Å². The van der Waals surface area contributed by atoms with Crippen molar-refractivity contribution in [3.05, 3.63) is 30.1 Å². The molecule has 5 nitrogen and oxygen atoms in total. The molecule has 1 aromatic carbocycles. The number of sulfone groups is 1. The van der Waals surface area contributed by atoms with Gasteiger partial charge in [-0.15, -0.1) is 0 Å². The van der Waals surface area contributed by atoms with Gasteiger partial charge in [0.1, 0.15) is 5.82 Å². The Labute approximate surface area is 124 Å². The number of benzene rings is 1. The lowest BCUT2D eigenvalue weighted by Gasteiger charge is -2.32. The maximum atomic E-state index is 11.5. The Hall–Kier alpha value is -1.40. The van der Waals surface area contributed by atoms with Gasteiger partial charge in [-0.2, -0.15) is 0 Å². The van der Waals surface area contributed by atoms with E-state index in [0.29, 0.717) is 19.4 Å². The Bertz CT molecular complexity index is 750. The molecule has 0 amide bonds. The van der Waals surface area contributed by atoms with E-state index in [1.807, 2.05) is 35.8 Å². The first-order valence-electron chi connectivity index (χ1n) is 7.29. The predicted molar refractivity (Wildman–Crippen MR) is 81.9 cm³/mol. The minimum atomic E-state index is -2.98. The summed E-state index contributed by atoms with van der Waals surface area (Å²) in [6.07, 6.45) is 1.37. The molecule has 0 spiro atoms. The molecule has 0 unspecified atom stereocenters. The van der Waals surface area contributed by atoms with E-state index in [1.165, 1.54) is 0 Å². The van der Waals surface area contributed by atoms with Crippen LogP contribution >= 0.6 is 0 Å². The molecule has 1 aliphatic rings. The molecule has 6 heteroatoms. The molecule has 0 saturated carbocycles. The molecule has 1 N–H and O–H groups in total. The topological polar surface area (TPSA) is 72.2 Å². The maximum absolute atomic E-state index is 11.5. The van der Waals surface area contributed by atoms with Gasteiger partial charge in [-0.05, 0) is 25.0 Å². The van der Waals surface area contributed by atoms with E-state index in [9.17, 15) is 13.5 Å². The standard InChI is InChI=1S/C15H20N2O3S/c1-2-14-16-12-5-3-4-6-13(12)17(14)11-15(18)7-9-21(19,20)10-8-15/h3-6,18H,2,7-11H2,1H3. The number of para-hydroxylation sites is 2. The summed E-state index contributed by atoms with van der Waals surface area (Å²) in [6.45, 7) is 2.44. The van der Waals surface area contributed by atoms with E-state index in [1.54, 1.807) is 0 Å². The molecule has 0 atom stereocenters. The van der Waals surface area contributed by atoms with Crippen LogP contribution in [0.3, 0.4) is 0 Å². The number of hydrogen-bond donors (Lipinski definition) is 1. The van der Waals surface area contributed by atoms with Gasteiger partial charge in [-0.3, -0.25) is 0 Å². The van der Waals surface area contributed by atoms with Gasteiger partial charge in [0.2, 0.25) is 0 Å². The van der Waals surface area contributed by atoms with Gasteiger partial charge in [0.25, 0.3) is 0 Å². The fourth-order valence-corrected chi connectivity index (χ4v) is 4.53. The zero-order valence-electron chi connectivity index (χ0n) is 12.1. The summed E-state index contributed by atoms with van der Waals surface area (Å²) in [5.41, 5.74) is 0.955. The number of rotatable bonds is 3. The summed E-state index contributed by atoms with van der Waals surface area (Å²) < 4.78 is 25.1. The van der Waals surface area contributed by atoms with Gasteiger partial charge < -0.3 is 9.67 Å². The lowest BCUT2D eigenvalue weighted by atomic mass is 9.96. The van der Waals surface area contributed by atoms with E-state index in [-0.39, 0.29) is 11.5 Å². The first kappa shape index (κ1) is 14.5. The lowest BCUT2D eigenvalue weighted by molar-refractivity contribution is 0.0136. The smallest absolute Gasteiger partial charge is 0.150 e. The highest BCUT2D eigenvalue weighted by molar-refractivity contribution is 7.91. The Morgan fingerprint density at radius 3 is 2.62 bits per heavy atom. The second kappa shape index (κ2) is 5.10. The van der Waals surface area contributed by atoms with Gasteiger partial charge in [-0.25, -0.2) is 13.4 Å². The summed E-state index contributed by atoms with van der Waals surface area (Å²) in [6, 6.07) is 7.85. The largest absolute Gasteiger partial charge is 0.388 e. The summed E-state index contributed by atoms with van der Waals surface area (Å²) in [7, 11) is -2.98. The van der Waals surface area contributed by atoms with Gasteiger partial charge in [-0.1, -0.05) is 19.1 Å². The molecule has 0 radical (unpaired) electrons. The zero-order chi connectivity index (χ0) is 15.1. The van der Waals surface area contributed by atoms with Crippen LogP contribution in [0.5, 0.6) is 0 Å². The van der Waals surface area contributed by atoms with E-state index in [4.69, 9.17) is 0 Å². The highest BCUT2D eigenvalue weighted by Crippen LogP contribution is 2.28. The third-order valence-corrected chi connectivity index (χ3v) is 5.91. The highest BCUT2D eigenvalue weighted by Gasteiger charge is 2.36. The minimum Gasteiger partial charge on any atom is -0.388 e. The molecule has 1 saturated heterocycles. The molecule has 2 aromatic rings. The second-order valence-corrected chi connectivity index (χ2v) is 8.14. The third-order valence-electron chi connectivity index (χ3n) is 4.26. The average Bonchev–Trinajstić information content (AvgIpc) is 2.81. The molecule has 1 aromatic heterocycles. The van der Waals surface area contributed by atoms with Crippen LogP contribution in [-0.2, 0) is 22.8 Å². The Morgan fingerprint density at radius 1 is 1.29 bits per heavy atom. The second-order valence-electron chi connectivity index (χ2n) is 5.83. The summed E-state index contributed by atoms with van der Waals surface area (Å²) in [5.74, 6) is 1.06. The SMILES string of the molecule is CCc1nc2ccccc2n1CC1(O)CCS(=O)(=O)CC1. The number of aliphatic hydroxyl groups is 1. The molecule has 2 heterocycles.